The van der Waals surface area contributed by atoms with Crippen LogP contribution >= 0.6 is 11.3 Å². The van der Waals surface area contributed by atoms with Crippen LogP contribution < -0.4 is 5.32 Å². The molecule has 2 aliphatic heterocycles. The van der Waals surface area contributed by atoms with Crippen LogP contribution in [0.4, 0.5) is 0 Å². The van der Waals surface area contributed by atoms with Gasteiger partial charge in [-0.15, -0.1) is 0 Å². The van der Waals surface area contributed by atoms with Gasteiger partial charge in [0.05, 0.1) is 5.54 Å². The Bertz CT molecular complexity index is 445. The van der Waals surface area contributed by atoms with Crippen LogP contribution in [0, 0.1) is 0 Å². The van der Waals surface area contributed by atoms with Gasteiger partial charge in [0.25, 0.3) is 0 Å². The van der Waals surface area contributed by atoms with E-state index in [4.69, 9.17) is 0 Å². The van der Waals surface area contributed by atoms with Gasteiger partial charge in [-0.05, 0) is 54.6 Å². The first-order valence-corrected chi connectivity index (χ1v) is 8.24. The van der Waals surface area contributed by atoms with Crippen molar-refractivity contribution >= 4 is 17.2 Å². The minimum atomic E-state index is 0.0557. The molecule has 2 saturated heterocycles. The van der Waals surface area contributed by atoms with E-state index in [2.05, 4.69) is 34.0 Å². The number of hydrogen-bond donors (Lipinski definition) is 1. The summed E-state index contributed by atoms with van der Waals surface area (Å²) in [6.07, 6.45) is 5.19. The Balaban J connectivity index is 1.78. The fourth-order valence-electron chi connectivity index (χ4n) is 3.90. The zero-order chi connectivity index (χ0) is 13.3. The van der Waals surface area contributed by atoms with Crippen molar-refractivity contribution in [3.05, 3.63) is 22.4 Å². The number of thiophene rings is 1. The van der Waals surface area contributed by atoms with E-state index >= 15 is 0 Å². The molecule has 3 rings (SSSR count). The molecule has 2 atom stereocenters. The predicted molar refractivity (Wildman–Crippen MR) is 78.1 cm³/mol. The number of nitrogens with zero attached hydrogens (tertiary/aromatic N) is 1. The molecule has 4 heteroatoms. The third kappa shape index (κ3) is 2.43. The third-order valence-corrected chi connectivity index (χ3v) is 5.42. The Hall–Kier alpha value is -0.870. The molecule has 2 aliphatic rings. The summed E-state index contributed by atoms with van der Waals surface area (Å²) in [5, 5.41) is 7.69. The largest absolute Gasteiger partial charge is 0.349 e. The van der Waals surface area contributed by atoms with Crippen LogP contribution in [0.5, 0.6) is 0 Å². The van der Waals surface area contributed by atoms with Crippen LogP contribution in [0.2, 0.25) is 0 Å². The quantitative estimate of drug-likeness (QED) is 0.922. The highest BCUT2D eigenvalue weighted by atomic mass is 32.1. The molecule has 0 unspecified atom stereocenters. The highest BCUT2D eigenvalue weighted by molar-refractivity contribution is 7.07. The summed E-state index contributed by atoms with van der Waals surface area (Å²) >= 11 is 1.76. The summed E-state index contributed by atoms with van der Waals surface area (Å²) in [4.78, 5) is 14.3. The van der Waals surface area contributed by atoms with E-state index in [-0.39, 0.29) is 11.4 Å². The van der Waals surface area contributed by atoms with Crippen molar-refractivity contribution in [1.82, 2.24) is 10.2 Å². The number of carbonyl (C=O) groups is 1. The SMILES string of the molecule is CC[C@@H]1N(Cc2ccsc2)CCC[C@]12CCC(=O)N2. The fourth-order valence-corrected chi connectivity index (χ4v) is 4.56. The lowest BCUT2D eigenvalue weighted by Gasteiger charge is -2.48. The van der Waals surface area contributed by atoms with Gasteiger partial charge >= 0.3 is 0 Å². The van der Waals surface area contributed by atoms with Crippen LogP contribution in [0.3, 0.4) is 0 Å². The van der Waals surface area contributed by atoms with Crippen molar-refractivity contribution in [3.63, 3.8) is 0 Å². The average Bonchev–Trinajstić information content (AvgIpc) is 3.01. The number of nitrogens with one attached hydrogen (secondary N) is 1. The molecule has 3 nitrogen and oxygen atoms in total. The molecule has 1 aromatic rings. The average molecular weight is 278 g/mol. The zero-order valence-electron chi connectivity index (χ0n) is 11.5. The first-order chi connectivity index (χ1) is 9.23. The minimum absolute atomic E-state index is 0.0557. The standard InChI is InChI=1S/C15H22N2OS/c1-2-13-15(7-4-14(18)16-15)6-3-8-17(13)10-12-5-9-19-11-12/h5,9,11,13H,2-4,6-8,10H2,1H3,(H,16,18)/t13-,15-/m0/s1. The minimum Gasteiger partial charge on any atom is -0.349 e. The number of hydrogen-bond acceptors (Lipinski definition) is 3. The Morgan fingerprint density at radius 1 is 1.53 bits per heavy atom. The molecule has 0 aromatic carbocycles. The van der Waals surface area contributed by atoms with Crippen LogP contribution in [-0.2, 0) is 11.3 Å². The molecular formula is C15H22N2OS. The van der Waals surface area contributed by atoms with Gasteiger partial charge in [-0.25, -0.2) is 0 Å². The first-order valence-electron chi connectivity index (χ1n) is 7.30. The summed E-state index contributed by atoms with van der Waals surface area (Å²) < 4.78 is 0. The number of piperidine rings is 1. The van der Waals surface area contributed by atoms with Gasteiger partial charge in [0.15, 0.2) is 0 Å². The lowest BCUT2D eigenvalue weighted by Crippen LogP contribution is -2.61. The third-order valence-electron chi connectivity index (χ3n) is 4.69. The van der Waals surface area contributed by atoms with Crippen LogP contribution in [-0.4, -0.2) is 28.9 Å². The maximum atomic E-state index is 11.7. The highest BCUT2D eigenvalue weighted by Crippen LogP contribution is 2.37. The summed E-state index contributed by atoms with van der Waals surface area (Å²) in [5.74, 6) is 0.246. The van der Waals surface area contributed by atoms with E-state index in [1.807, 2.05) is 0 Å². The topological polar surface area (TPSA) is 32.3 Å². The van der Waals surface area contributed by atoms with Crippen molar-refractivity contribution in [2.75, 3.05) is 6.54 Å². The van der Waals surface area contributed by atoms with Crippen LogP contribution in [0.25, 0.3) is 0 Å². The zero-order valence-corrected chi connectivity index (χ0v) is 12.3. The second-order valence-electron chi connectivity index (χ2n) is 5.83. The Morgan fingerprint density at radius 3 is 3.05 bits per heavy atom. The van der Waals surface area contributed by atoms with Gasteiger partial charge in [0.1, 0.15) is 0 Å². The normalized spacial score (nSPS) is 31.8. The monoisotopic (exact) mass is 278 g/mol. The van der Waals surface area contributed by atoms with Gasteiger partial charge in [-0.2, -0.15) is 11.3 Å². The molecule has 1 N–H and O–H groups in total. The van der Waals surface area contributed by atoms with Crippen LogP contribution in [0.1, 0.15) is 44.6 Å². The molecule has 1 spiro atoms. The van der Waals surface area contributed by atoms with Crippen molar-refractivity contribution in [1.29, 1.82) is 0 Å². The molecule has 0 saturated carbocycles. The number of carbonyl (C=O) groups excluding carboxylic acids is 1. The maximum Gasteiger partial charge on any atom is 0.220 e. The number of amides is 1. The number of rotatable bonds is 3. The molecule has 1 amide bonds. The van der Waals surface area contributed by atoms with E-state index < -0.39 is 0 Å². The van der Waals surface area contributed by atoms with Crippen LogP contribution in [0.15, 0.2) is 16.8 Å². The van der Waals surface area contributed by atoms with Gasteiger partial charge in [-0.1, -0.05) is 6.92 Å². The van der Waals surface area contributed by atoms with Crippen molar-refractivity contribution in [2.24, 2.45) is 0 Å². The fraction of sp³-hybridized carbons (Fsp3) is 0.667. The van der Waals surface area contributed by atoms with Gasteiger partial charge in [0, 0.05) is 19.0 Å². The van der Waals surface area contributed by atoms with Crippen molar-refractivity contribution in [3.8, 4) is 0 Å². The van der Waals surface area contributed by atoms with Crippen molar-refractivity contribution < 1.29 is 4.79 Å². The molecule has 0 aliphatic carbocycles. The molecular weight excluding hydrogens is 256 g/mol. The molecule has 1 aromatic heterocycles. The van der Waals surface area contributed by atoms with E-state index in [9.17, 15) is 4.79 Å². The second kappa shape index (κ2) is 5.25. The summed E-state index contributed by atoms with van der Waals surface area (Å²) in [7, 11) is 0. The highest BCUT2D eigenvalue weighted by Gasteiger charge is 2.47. The molecule has 0 bridgehead atoms. The second-order valence-corrected chi connectivity index (χ2v) is 6.61. The molecule has 104 valence electrons. The van der Waals surface area contributed by atoms with E-state index in [1.165, 1.54) is 12.0 Å². The summed E-state index contributed by atoms with van der Waals surface area (Å²) in [5.41, 5.74) is 1.46. The molecule has 3 heterocycles. The maximum absolute atomic E-state index is 11.7. The van der Waals surface area contributed by atoms with Gasteiger partial charge < -0.3 is 5.32 Å². The van der Waals surface area contributed by atoms with Crippen molar-refractivity contribution in [2.45, 2.75) is 57.2 Å². The Labute approximate surface area is 119 Å². The molecule has 19 heavy (non-hydrogen) atoms. The van der Waals surface area contributed by atoms with Gasteiger partial charge in [0.2, 0.25) is 5.91 Å². The van der Waals surface area contributed by atoms with E-state index in [1.54, 1.807) is 11.3 Å². The number of likely N-dealkylation sites (tertiary alicyclic amines) is 1. The van der Waals surface area contributed by atoms with Gasteiger partial charge in [-0.3, -0.25) is 9.69 Å². The van der Waals surface area contributed by atoms with E-state index in [0.717, 1.165) is 32.4 Å². The van der Waals surface area contributed by atoms with E-state index in [0.29, 0.717) is 12.5 Å². The molecule has 0 radical (unpaired) electrons. The lowest BCUT2D eigenvalue weighted by molar-refractivity contribution is -0.120. The lowest BCUT2D eigenvalue weighted by atomic mass is 9.78. The summed E-state index contributed by atoms with van der Waals surface area (Å²) in [6.45, 7) is 4.44. The Kier molecular flexibility index (Phi) is 3.63. The molecule has 2 fully saturated rings. The first kappa shape index (κ1) is 13.1. The smallest absolute Gasteiger partial charge is 0.220 e. The summed E-state index contributed by atoms with van der Waals surface area (Å²) in [6, 6.07) is 2.71. The Morgan fingerprint density at radius 2 is 2.42 bits per heavy atom. The predicted octanol–water partition coefficient (Wildman–Crippen LogP) is 2.77.